The van der Waals surface area contributed by atoms with Crippen molar-refractivity contribution >= 4 is 40.5 Å². The van der Waals surface area contributed by atoms with Gasteiger partial charge in [-0.2, -0.15) is 5.11 Å². The first-order valence-corrected chi connectivity index (χ1v) is 5.96. The van der Waals surface area contributed by atoms with Crippen molar-refractivity contribution < 1.29 is 0 Å². The van der Waals surface area contributed by atoms with Gasteiger partial charge in [-0.15, -0.1) is 5.11 Å². The first-order valence-electron chi connectivity index (χ1n) is 4.80. The molecule has 1 aliphatic heterocycles. The van der Waals surface area contributed by atoms with E-state index in [1.807, 2.05) is 17.9 Å². The van der Waals surface area contributed by atoms with E-state index < -0.39 is 0 Å². The Hall–Kier alpha value is -0.710. The van der Waals surface area contributed by atoms with E-state index in [2.05, 4.69) is 10.2 Å². The average molecular weight is 274 g/mol. The predicted molar refractivity (Wildman–Crippen MR) is 69.0 cm³/mol. The van der Waals surface area contributed by atoms with E-state index in [0.717, 1.165) is 12.1 Å². The van der Waals surface area contributed by atoms with E-state index in [1.54, 1.807) is 12.1 Å². The molecule has 0 fully saturated rings. The maximum absolute atomic E-state index is 5.96. The average Bonchev–Trinajstić information content (AvgIpc) is 2.63. The van der Waals surface area contributed by atoms with Crippen molar-refractivity contribution in [3.8, 4) is 0 Å². The third-order valence-corrected chi connectivity index (χ3v) is 3.43. The molecule has 1 aromatic carbocycles. The largest absolute Gasteiger partial charge is 0.319 e. The Morgan fingerprint density at radius 2 is 2.12 bits per heavy atom. The number of hydrogen-bond donors (Lipinski definition) is 0. The Labute approximate surface area is 109 Å². The second-order valence-electron chi connectivity index (χ2n) is 3.33. The highest BCUT2D eigenvalue weighted by molar-refractivity contribution is 7.80. The van der Waals surface area contributed by atoms with Crippen LogP contribution in [0.2, 0.25) is 10.0 Å². The van der Waals surface area contributed by atoms with E-state index in [0.29, 0.717) is 15.2 Å². The molecule has 0 bridgehead atoms. The quantitative estimate of drug-likeness (QED) is 0.760. The molecule has 0 radical (unpaired) electrons. The highest BCUT2D eigenvalue weighted by Gasteiger charge is 2.26. The third-order valence-electron chi connectivity index (χ3n) is 2.38. The van der Waals surface area contributed by atoms with E-state index in [4.69, 9.17) is 35.4 Å². The number of azo groups is 1. The molecule has 0 saturated carbocycles. The number of benzene rings is 1. The molecule has 0 N–H and O–H groups in total. The van der Waals surface area contributed by atoms with Crippen LogP contribution in [0, 0.1) is 0 Å². The van der Waals surface area contributed by atoms with E-state index in [9.17, 15) is 0 Å². The van der Waals surface area contributed by atoms with E-state index in [1.165, 1.54) is 0 Å². The summed E-state index contributed by atoms with van der Waals surface area (Å²) in [7, 11) is 0. The van der Waals surface area contributed by atoms with Crippen LogP contribution in [0.5, 0.6) is 0 Å². The number of rotatable bonds is 2. The first-order chi connectivity index (χ1) is 7.63. The normalized spacial score (nSPS) is 19.6. The van der Waals surface area contributed by atoms with Crippen LogP contribution < -0.4 is 0 Å². The molecule has 1 aliphatic rings. The standard InChI is InChI=1S/C10H9Cl2N3S/c1-2-15-9(13-14-10(15)16)6-3-4-7(11)8(12)5-6/h3-5,9H,2H2,1H3. The van der Waals surface area contributed by atoms with Crippen LogP contribution in [0.25, 0.3) is 0 Å². The summed E-state index contributed by atoms with van der Waals surface area (Å²) < 4.78 is 0. The number of halogens is 2. The monoisotopic (exact) mass is 273 g/mol. The fourth-order valence-corrected chi connectivity index (χ4v) is 2.14. The van der Waals surface area contributed by atoms with Gasteiger partial charge >= 0.3 is 0 Å². The fourth-order valence-electron chi connectivity index (χ4n) is 1.56. The van der Waals surface area contributed by atoms with Crippen molar-refractivity contribution in [2.75, 3.05) is 6.54 Å². The Morgan fingerprint density at radius 1 is 1.38 bits per heavy atom. The van der Waals surface area contributed by atoms with Gasteiger partial charge in [-0.05, 0) is 36.8 Å². The SMILES string of the molecule is CCN1C(=S)N=NC1c1ccc(Cl)c(Cl)c1. The van der Waals surface area contributed by atoms with Crippen molar-refractivity contribution in [1.29, 1.82) is 0 Å². The topological polar surface area (TPSA) is 28.0 Å². The summed E-state index contributed by atoms with van der Waals surface area (Å²) in [6.45, 7) is 2.77. The van der Waals surface area contributed by atoms with Crippen molar-refractivity contribution in [2.24, 2.45) is 10.2 Å². The van der Waals surface area contributed by atoms with Gasteiger partial charge in [0.25, 0.3) is 0 Å². The number of nitrogens with zero attached hydrogens (tertiary/aromatic N) is 3. The van der Waals surface area contributed by atoms with Gasteiger partial charge in [0.1, 0.15) is 0 Å². The molecule has 0 spiro atoms. The molecule has 1 atom stereocenters. The minimum absolute atomic E-state index is 0.174. The van der Waals surface area contributed by atoms with Crippen molar-refractivity contribution in [3.05, 3.63) is 33.8 Å². The molecule has 1 unspecified atom stereocenters. The Balaban J connectivity index is 2.34. The molecule has 2 rings (SSSR count). The first kappa shape index (κ1) is 11.8. The Bertz CT molecular complexity index is 461. The molecule has 3 nitrogen and oxygen atoms in total. The summed E-state index contributed by atoms with van der Waals surface area (Å²) in [5.41, 5.74) is 0.944. The highest BCUT2D eigenvalue weighted by atomic mass is 35.5. The lowest BCUT2D eigenvalue weighted by Gasteiger charge is -2.21. The maximum atomic E-state index is 5.96. The van der Waals surface area contributed by atoms with E-state index in [-0.39, 0.29) is 6.17 Å². The summed E-state index contributed by atoms with van der Waals surface area (Å²) >= 11 is 16.9. The molecule has 84 valence electrons. The lowest BCUT2D eigenvalue weighted by molar-refractivity contribution is 0.364. The third kappa shape index (κ3) is 2.05. The molecule has 1 heterocycles. The van der Waals surface area contributed by atoms with Gasteiger partial charge in [-0.3, -0.25) is 0 Å². The second-order valence-corrected chi connectivity index (χ2v) is 4.51. The molecule has 0 aliphatic carbocycles. The van der Waals surface area contributed by atoms with Crippen LogP contribution in [-0.2, 0) is 0 Å². The van der Waals surface area contributed by atoms with Crippen molar-refractivity contribution in [3.63, 3.8) is 0 Å². The van der Waals surface area contributed by atoms with Gasteiger partial charge in [-0.1, -0.05) is 29.3 Å². The minimum Gasteiger partial charge on any atom is -0.319 e. The zero-order chi connectivity index (χ0) is 11.7. The van der Waals surface area contributed by atoms with Crippen molar-refractivity contribution in [1.82, 2.24) is 4.90 Å². The van der Waals surface area contributed by atoms with Crippen LogP contribution >= 0.6 is 35.4 Å². The van der Waals surface area contributed by atoms with Crippen LogP contribution in [0.1, 0.15) is 18.7 Å². The molecular formula is C10H9Cl2N3S. The lowest BCUT2D eigenvalue weighted by Crippen LogP contribution is -2.26. The van der Waals surface area contributed by atoms with Crippen molar-refractivity contribution in [2.45, 2.75) is 13.1 Å². The van der Waals surface area contributed by atoms with Crippen LogP contribution in [0.15, 0.2) is 28.4 Å². The van der Waals surface area contributed by atoms with Crippen LogP contribution in [0.4, 0.5) is 0 Å². The molecule has 0 aromatic heterocycles. The Morgan fingerprint density at radius 3 is 2.75 bits per heavy atom. The van der Waals surface area contributed by atoms with E-state index >= 15 is 0 Å². The predicted octanol–water partition coefficient (Wildman–Crippen LogP) is 4.06. The molecule has 16 heavy (non-hydrogen) atoms. The smallest absolute Gasteiger partial charge is 0.218 e. The molecule has 1 aromatic rings. The fraction of sp³-hybridized carbons (Fsp3) is 0.300. The zero-order valence-electron chi connectivity index (χ0n) is 8.52. The van der Waals surface area contributed by atoms with Crippen LogP contribution in [0.3, 0.4) is 0 Å². The molecule has 6 heteroatoms. The summed E-state index contributed by atoms with van der Waals surface area (Å²) in [5, 5.41) is 9.59. The van der Waals surface area contributed by atoms with Gasteiger partial charge in [0.2, 0.25) is 5.11 Å². The molecular weight excluding hydrogens is 265 g/mol. The van der Waals surface area contributed by atoms with Gasteiger partial charge in [-0.25, -0.2) is 0 Å². The summed E-state index contributed by atoms with van der Waals surface area (Å²) in [6.07, 6.45) is -0.174. The Kier molecular flexibility index (Phi) is 3.42. The molecule has 0 amide bonds. The van der Waals surface area contributed by atoms with Gasteiger partial charge < -0.3 is 4.90 Å². The summed E-state index contributed by atoms with van der Waals surface area (Å²) in [4.78, 5) is 1.93. The van der Waals surface area contributed by atoms with Gasteiger partial charge in [0, 0.05) is 6.54 Å². The molecule has 0 saturated heterocycles. The number of thiocarbonyl (C=S) groups is 1. The van der Waals surface area contributed by atoms with Gasteiger partial charge in [0.05, 0.1) is 10.0 Å². The number of hydrogen-bond acceptors (Lipinski definition) is 2. The lowest BCUT2D eigenvalue weighted by atomic mass is 10.1. The highest BCUT2D eigenvalue weighted by Crippen LogP contribution is 2.32. The second kappa shape index (κ2) is 4.65. The zero-order valence-corrected chi connectivity index (χ0v) is 10.9. The maximum Gasteiger partial charge on any atom is 0.218 e. The summed E-state index contributed by atoms with van der Waals surface area (Å²) in [5.74, 6) is 0. The van der Waals surface area contributed by atoms with Gasteiger partial charge in [0.15, 0.2) is 6.17 Å². The minimum atomic E-state index is -0.174. The summed E-state index contributed by atoms with van der Waals surface area (Å²) in [6, 6.07) is 5.43. The van der Waals surface area contributed by atoms with Crippen LogP contribution in [-0.4, -0.2) is 16.6 Å².